The Kier molecular flexibility index (Phi) is 5.27. The van der Waals surface area contributed by atoms with Gasteiger partial charge in [0.1, 0.15) is 0 Å². The van der Waals surface area contributed by atoms with E-state index in [9.17, 15) is 4.79 Å². The number of para-hydroxylation sites is 2. The first kappa shape index (κ1) is 14.7. The molecule has 2 rings (SSSR count). The van der Waals surface area contributed by atoms with E-state index in [1.165, 1.54) is 0 Å². The minimum Gasteiger partial charge on any atom is -0.382 e. The molecule has 4 nitrogen and oxygen atoms in total. The number of fused-ring (bicyclic) bond motifs is 1. The highest BCUT2D eigenvalue weighted by atomic mass is 16.2. The fourth-order valence-corrected chi connectivity index (χ4v) is 2.67. The molecule has 1 aliphatic heterocycles. The van der Waals surface area contributed by atoms with Gasteiger partial charge in [-0.15, -0.1) is 0 Å². The number of nitrogens with one attached hydrogen (secondary N) is 1. The van der Waals surface area contributed by atoms with Gasteiger partial charge >= 0.3 is 0 Å². The average molecular weight is 275 g/mol. The Bertz CT molecular complexity index is 441. The highest BCUT2D eigenvalue weighted by Crippen LogP contribution is 2.28. The van der Waals surface area contributed by atoms with E-state index in [0.717, 1.165) is 50.4 Å². The van der Waals surface area contributed by atoms with Crippen molar-refractivity contribution in [3.8, 4) is 0 Å². The van der Waals surface area contributed by atoms with Gasteiger partial charge in [0.05, 0.1) is 17.9 Å². The van der Waals surface area contributed by atoms with E-state index in [2.05, 4.69) is 36.2 Å². The standard InChI is InChI=1S/C16H25N3O/c1-3-10-18(11-4-2)16(20)13-19-12-9-17-14-7-5-6-8-15(14)19/h5-8,17H,3-4,9-13H2,1-2H3. The van der Waals surface area contributed by atoms with E-state index < -0.39 is 0 Å². The number of hydrogen-bond acceptors (Lipinski definition) is 3. The van der Waals surface area contributed by atoms with Gasteiger partial charge in [-0.3, -0.25) is 4.79 Å². The topological polar surface area (TPSA) is 35.6 Å². The number of amides is 1. The number of nitrogens with zero attached hydrogens (tertiary/aromatic N) is 2. The zero-order valence-corrected chi connectivity index (χ0v) is 12.6. The maximum atomic E-state index is 12.5. The molecule has 1 amide bonds. The minimum absolute atomic E-state index is 0.241. The van der Waals surface area contributed by atoms with Crippen molar-refractivity contribution in [2.75, 3.05) is 42.9 Å². The van der Waals surface area contributed by atoms with E-state index in [0.29, 0.717) is 6.54 Å². The lowest BCUT2D eigenvalue weighted by Crippen LogP contribution is -2.44. The number of benzene rings is 1. The van der Waals surface area contributed by atoms with E-state index in [-0.39, 0.29) is 5.91 Å². The molecule has 1 N–H and O–H groups in total. The fraction of sp³-hybridized carbons (Fsp3) is 0.562. The van der Waals surface area contributed by atoms with E-state index in [1.54, 1.807) is 0 Å². The van der Waals surface area contributed by atoms with Crippen LogP contribution in [0.3, 0.4) is 0 Å². The lowest BCUT2D eigenvalue weighted by molar-refractivity contribution is -0.129. The van der Waals surface area contributed by atoms with Crippen molar-refractivity contribution in [2.24, 2.45) is 0 Å². The summed E-state index contributed by atoms with van der Waals surface area (Å²) in [5.41, 5.74) is 2.27. The Morgan fingerprint density at radius 3 is 2.65 bits per heavy atom. The Morgan fingerprint density at radius 1 is 1.25 bits per heavy atom. The maximum absolute atomic E-state index is 12.5. The number of anilines is 2. The molecule has 0 radical (unpaired) electrons. The summed E-state index contributed by atoms with van der Waals surface area (Å²) >= 11 is 0. The SMILES string of the molecule is CCCN(CCC)C(=O)CN1CCNc2ccccc21. The van der Waals surface area contributed by atoms with E-state index in [4.69, 9.17) is 0 Å². The van der Waals surface area contributed by atoms with Crippen LogP contribution >= 0.6 is 0 Å². The predicted octanol–water partition coefficient (Wildman–Crippen LogP) is 2.57. The Morgan fingerprint density at radius 2 is 1.95 bits per heavy atom. The molecule has 0 atom stereocenters. The summed E-state index contributed by atoms with van der Waals surface area (Å²) < 4.78 is 0. The Balaban J connectivity index is 2.04. The van der Waals surface area contributed by atoms with Gasteiger partial charge in [-0.2, -0.15) is 0 Å². The molecule has 110 valence electrons. The third-order valence-electron chi connectivity index (χ3n) is 3.61. The van der Waals surface area contributed by atoms with E-state index in [1.807, 2.05) is 17.0 Å². The molecule has 0 unspecified atom stereocenters. The van der Waals surface area contributed by atoms with E-state index >= 15 is 0 Å². The summed E-state index contributed by atoms with van der Waals surface area (Å²) in [7, 11) is 0. The molecule has 1 aliphatic rings. The summed E-state index contributed by atoms with van der Waals surface area (Å²) in [5, 5.41) is 3.38. The molecule has 0 saturated heterocycles. The summed E-state index contributed by atoms with van der Waals surface area (Å²) in [5.74, 6) is 0.241. The number of carbonyl (C=O) groups excluding carboxylic acids is 1. The lowest BCUT2D eigenvalue weighted by Gasteiger charge is -2.33. The molecule has 0 fully saturated rings. The first-order chi connectivity index (χ1) is 9.76. The van der Waals surface area contributed by atoms with Crippen LogP contribution in [-0.4, -0.2) is 43.5 Å². The van der Waals surface area contributed by atoms with Gasteiger partial charge in [0.2, 0.25) is 5.91 Å². The Hall–Kier alpha value is -1.71. The van der Waals surface area contributed by atoms with Crippen LogP contribution < -0.4 is 10.2 Å². The van der Waals surface area contributed by atoms with Crippen LogP contribution in [0.5, 0.6) is 0 Å². The third-order valence-corrected chi connectivity index (χ3v) is 3.61. The normalized spacial score (nSPS) is 13.6. The molecule has 1 aromatic rings. The summed E-state index contributed by atoms with van der Waals surface area (Å²) in [6.45, 7) is 8.23. The molecular formula is C16H25N3O. The van der Waals surface area contributed by atoms with Crippen LogP contribution in [0.2, 0.25) is 0 Å². The van der Waals surface area contributed by atoms with Crippen LogP contribution in [0.15, 0.2) is 24.3 Å². The zero-order chi connectivity index (χ0) is 14.4. The van der Waals surface area contributed by atoms with Gasteiger partial charge in [-0.25, -0.2) is 0 Å². The smallest absolute Gasteiger partial charge is 0.242 e. The molecule has 1 aromatic carbocycles. The maximum Gasteiger partial charge on any atom is 0.242 e. The first-order valence-corrected chi connectivity index (χ1v) is 7.61. The molecule has 1 heterocycles. The summed E-state index contributed by atoms with van der Waals surface area (Å²) in [6, 6.07) is 8.21. The molecule has 0 aromatic heterocycles. The molecular weight excluding hydrogens is 250 g/mol. The zero-order valence-electron chi connectivity index (χ0n) is 12.6. The lowest BCUT2D eigenvalue weighted by atomic mass is 10.2. The monoisotopic (exact) mass is 275 g/mol. The van der Waals surface area contributed by atoms with Crippen LogP contribution in [0.4, 0.5) is 11.4 Å². The van der Waals surface area contributed by atoms with Crippen molar-refractivity contribution >= 4 is 17.3 Å². The molecule has 0 saturated carbocycles. The first-order valence-electron chi connectivity index (χ1n) is 7.61. The van der Waals surface area contributed by atoms with Crippen molar-refractivity contribution in [1.29, 1.82) is 0 Å². The summed E-state index contributed by atoms with van der Waals surface area (Å²) in [4.78, 5) is 16.6. The van der Waals surface area contributed by atoms with Crippen molar-refractivity contribution in [3.63, 3.8) is 0 Å². The fourth-order valence-electron chi connectivity index (χ4n) is 2.67. The largest absolute Gasteiger partial charge is 0.382 e. The number of hydrogen-bond donors (Lipinski definition) is 1. The van der Waals surface area contributed by atoms with Gasteiger partial charge in [-0.1, -0.05) is 26.0 Å². The highest BCUT2D eigenvalue weighted by Gasteiger charge is 2.20. The van der Waals surface area contributed by atoms with Gasteiger partial charge < -0.3 is 15.1 Å². The molecule has 0 spiro atoms. The van der Waals surface area contributed by atoms with Crippen LogP contribution in [0.25, 0.3) is 0 Å². The molecule has 0 bridgehead atoms. The second-order valence-corrected chi connectivity index (χ2v) is 5.25. The van der Waals surface area contributed by atoms with Crippen molar-refractivity contribution < 1.29 is 4.79 Å². The van der Waals surface area contributed by atoms with Crippen molar-refractivity contribution in [3.05, 3.63) is 24.3 Å². The van der Waals surface area contributed by atoms with Gasteiger partial charge in [0, 0.05) is 26.2 Å². The second kappa shape index (κ2) is 7.17. The minimum atomic E-state index is 0.241. The van der Waals surface area contributed by atoms with Crippen molar-refractivity contribution in [2.45, 2.75) is 26.7 Å². The predicted molar refractivity (Wildman–Crippen MR) is 84.3 cm³/mol. The van der Waals surface area contributed by atoms with Gasteiger partial charge in [0.15, 0.2) is 0 Å². The third kappa shape index (κ3) is 3.44. The van der Waals surface area contributed by atoms with Gasteiger partial charge in [-0.05, 0) is 25.0 Å². The number of carbonyl (C=O) groups is 1. The molecule has 20 heavy (non-hydrogen) atoms. The summed E-state index contributed by atoms with van der Waals surface area (Å²) in [6.07, 6.45) is 2.04. The highest BCUT2D eigenvalue weighted by molar-refractivity contribution is 5.84. The molecule has 4 heteroatoms. The van der Waals surface area contributed by atoms with Crippen LogP contribution in [0.1, 0.15) is 26.7 Å². The average Bonchev–Trinajstić information content (AvgIpc) is 2.47. The van der Waals surface area contributed by atoms with Gasteiger partial charge in [0.25, 0.3) is 0 Å². The van der Waals surface area contributed by atoms with Crippen LogP contribution in [0, 0.1) is 0 Å². The second-order valence-electron chi connectivity index (χ2n) is 5.25. The van der Waals surface area contributed by atoms with Crippen molar-refractivity contribution in [1.82, 2.24) is 4.90 Å². The Labute approximate surface area is 121 Å². The quantitative estimate of drug-likeness (QED) is 0.866. The molecule has 0 aliphatic carbocycles. The van der Waals surface area contributed by atoms with Crippen LogP contribution in [-0.2, 0) is 4.79 Å². The number of rotatable bonds is 6.